The summed E-state index contributed by atoms with van der Waals surface area (Å²) in [6, 6.07) is 32.6. The molecule has 0 saturated carbocycles. The van der Waals surface area contributed by atoms with Gasteiger partial charge >= 0.3 is 0 Å². The van der Waals surface area contributed by atoms with Crippen LogP contribution in [0.25, 0.3) is 27.1 Å². The Kier molecular flexibility index (Phi) is 11.9. The molecule has 4 nitrogen and oxygen atoms in total. The summed E-state index contributed by atoms with van der Waals surface area (Å²) in [6.45, 7) is 11.1. The van der Waals surface area contributed by atoms with E-state index in [0.29, 0.717) is 17.0 Å². The third-order valence-corrected chi connectivity index (χ3v) is 4.84. The first-order chi connectivity index (χ1) is 16.2. The van der Waals surface area contributed by atoms with Gasteiger partial charge in [0.1, 0.15) is 11.5 Å². The Labute approximate surface area is 209 Å². The molecule has 0 bridgehead atoms. The van der Waals surface area contributed by atoms with E-state index in [0.717, 1.165) is 28.0 Å². The highest BCUT2D eigenvalue weighted by Gasteiger charge is 2.02. The molecule has 0 aliphatic carbocycles. The van der Waals surface area contributed by atoms with E-state index in [-0.39, 0.29) is 21.6 Å². The van der Waals surface area contributed by atoms with Crippen molar-refractivity contribution in [2.45, 2.75) is 28.7 Å². The molecule has 178 valence electrons. The van der Waals surface area contributed by atoms with E-state index in [4.69, 9.17) is 21.3 Å². The van der Waals surface area contributed by atoms with Crippen LogP contribution >= 0.6 is 0 Å². The fourth-order valence-electron chi connectivity index (χ4n) is 3.12. The summed E-state index contributed by atoms with van der Waals surface area (Å²) in [5, 5.41) is 8.90. The average Bonchev–Trinajstić information content (AvgIpc) is 2.91. The van der Waals surface area contributed by atoms with Crippen molar-refractivity contribution in [2.75, 3.05) is 6.79 Å². The van der Waals surface area contributed by atoms with E-state index in [9.17, 15) is 0 Å². The molecule has 0 aliphatic rings. The maximum atomic E-state index is 8.90. The van der Waals surface area contributed by atoms with Crippen molar-refractivity contribution in [1.29, 1.82) is 5.26 Å². The van der Waals surface area contributed by atoms with Crippen LogP contribution in [0.1, 0.15) is 34.3 Å². The first-order valence-corrected chi connectivity index (χ1v) is 10.7. The molecule has 4 aromatic rings. The summed E-state index contributed by atoms with van der Waals surface area (Å²) in [6.07, 6.45) is 0. The van der Waals surface area contributed by atoms with Gasteiger partial charge in [0.15, 0.2) is 5.69 Å². The topological polar surface area (TPSA) is 46.6 Å². The summed E-state index contributed by atoms with van der Waals surface area (Å²) < 4.78 is 11.4. The lowest BCUT2D eigenvalue weighted by Crippen LogP contribution is -2.05. The molecule has 0 saturated heterocycles. The molecule has 0 amide bonds. The number of hydrogen-bond acceptors (Lipinski definition) is 3. The van der Waals surface area contributed by atoms with Crippen LogP contribution in [0, 0.1) is 17.9 Å². The van der Waals surface area contributed by atoms with Gasteiger partial charge in [-0.3, -0.25) is 0 Å². The Morgan fingerprint density at radius 2 is 0.971 bits per heavy atom. The van der Waals surface area contributed by atoms with Crippen LogP contribution in [0.15, 0.2) is 97.1 Å². The Bertz CT molecular complexity index is 1130. The standard InChI is InChI=1S/C27H18N2O2.C2H6.2CH4/c1-29-25-12-6-22(7-13-25)24-10-16-27(17-11-24)31-19-30-26-14-8-23(9-15-26)21-4-2-20(18-28)3-5-21;1-2;;/h2-17H,19H2;1-2H3;2*1H4. The smallest absolute Gasteiger partial charge is 0.230 e. The minimum absolute atomic E-state index is 0. The van der Waals surface area contributed by atoms with Gasteiger partial charge in [-0.1, -0.05) is 89.4 Å². The van der Waals surface area contributed by atoms with Crippen molar-refractivity contribution in [3.63, 3.8) is 0 Å². The van der Waals surface area contributed by atoms with E-state index in [1.54, 1.807) is 12.1 Å². The normalized spacial score (nSPS) is 9.03. The molecule has 0 atom stereocenters. The SMILES string of the molecule is C.C.CC.[C-]#[N+]c1ccc(-c2ccc(OCOc3ccc(-c4ccc(C#N)cc4)cc3)cc2)cc1. The lowest BCUT2D eigenvalue weighted by molar-refractivity contribution is 0.120. The number of nitrogens with zero attached hydrogens (tertiary/aromatic N) is 2. The van der Waals surface area contributed by atoms with Gasteiger partial charge in [0.05, 0.1) is 18.2 Å². The van der Waals surface area contributed by atoms with Crippen LogP contribution in [0.2, 0.25) is 0 Å². The molecule has 35 heavy (non-hydrogen) atoms. The van der Waals surface area contributed by atoms with E-state index >= 15 is 0 Å². The fourth-order valence-corrected chi connectivity index (χ4v) is 3.12. The second kappa shape index (κ2) is 14.6. The molecule has 4 heteroatoms. The minimum Gasteiger partial charge on any atom is -0.458 e. The zero-order valence-electron chi connectivity index (χ0n) is 18.7. The molecule has 0 N–H and O–H groups in total. The molecule has 0 unspecified atom stereocenters. The number of benzene rings is 4. The van der Waals surface area contributed by atoms with E-state index < -0.39 is 0 Å². The first kappa shape index (κ1) is 28.5. The molecule has 4 aromatic carbocycles. The van der Waals surface area contributed by atoms with Gasteiger partial charge in [-0.05, 0) is 58.7 Å². The molecule has 0 radical (unpaired) electrons. The van der Waals surface area contributed by atoms with Crippen molar-refractivity contribution < 1.29 is 9.47 Å². The second-order valence-electron chi connectivity index (χ2n) is 6.80. The number of hydrogen-bond donors (Lipinski definition) is 0. The summed E-state index contributed by atoms with van der Waals surface area (Å²) >= 11 is 0. The van der Waals surface area contributed by atoms with Crippen molar-refractivity contribution >= 4 is 5.69 Å². The van der Waals surface area contributed by atoms with Crippen LogP contribution in [0.4, 0.5) is 5.69 Å². The van der Waals surface area contributed by atoms with Gasteiger partial charge in [0, 0.05) is 0 Å². The maximum absolute atomic E-state index is 8.90. The quantitative estimate of drug-likeness (QED) is 0.211. The van der Waals surface area contributed by atoms with Crippen LogP contribution < -0.4 is 9.47 Å². The van der Waals surface area contributed by atoms with Gasteiger partial charge in [-0.15, -0.1) is 0 Å². The van der Waals surface area contributed by atoms with Crippen LogP contribution in [-0.2, 0) is 0 Å². The zero-order chi connectivity index (χ0) is 23.5. The minimum atomic E-state index is 0. The summed E-state index contributed by atoms with van der Waals surface area (Å²) in [5.74, 6) is 1.43. The highest BCUT2D eigenvalue weighted by atomic mass is 16.7. The largest absolute Gasteiger partial charge is 0.458 e. The van der Waals surface area contributed by atoms with Crippen LogP contribution in [0.3, 0.4) is 0 Å². The monoisotopic (exact) mass is 464 g/mol. The van der Waals surface area contributed by atoms with Crippen molar-refractivity contribution in [3.05, 3.63) is 114 Å². The van der Waals surface area contributed by atoms with E-state index in [2.05, 4.69) is 10.9 Å². The first-order valence-electron chi connectivity index (χ1n) is 10.7. The lowest BCUT2D eigenvalue weighted by Gasteiger charge is -2.10. The van der Waals surface area contributed by atoms with Gasteiger partial charge in [-0.2, -0.15) is 5.26 Å². The molecular formula is C31H32N2O2. The van der Waals surface area contributed by atoms with Crippen molar-refractivity contribution in [2.24, 2.45) is 0 Å². The van der Waals surface area contributed by atoms with Gasteiger partial charge in [0.25, 0.3) is 0 Å². The van der Waals surface area contributed by atoms with Crippen molar-refractivity contribution in [3.8, 4) is 39.8 Å². The molecule has 0 aliphatic heterocycles. The number of nitriles is 1. The summed E-state index contributed by atoms with van der Waals surface area (Å²) in [4.78, 5) is 3.41. The second-order valence-corrected chi connectivity index (χ2v) is 6.80. The average molecular weight is 465 g/mol. The fraction of sp³-hybridized carbons (Fsp3) is 0.161. The Morgan fingerprint density at radius 3 is 1.31 bits per heavy atom. The summed E-state index contributed by atoms with van der Waals surface area (Å²) in [5.41, 5.74) is 5.49. The molecule has 4 rings (SSSR count). The van der Waals surface area contributed by atoms with E-state index in [1.807, 2.05) is 98.8 Å². The van der Waals surface area contributed by atoms with Gasteiger partial charge < -0.3 is 9.47 Å². The third kappa shape index (κ3) is 7.77. The molecule has 0 spiro atoms. The van der Waals surface area contributed by atoms with E-state index in [1.165, 1.54) is 0 Å². The highest BCUT2D eigenvalue weighted by molar-refractivity contribution is 5.67. The maximum Gasteiger partial charge on any atom is 0.230 e. The van der Waals surface area contributed by atoms with Crippen molar-refractivity contribution in [1.82, 2.24) is 0 Å². The zero-order valence-corrected chi connectivity index (χ0v) is 18.7. The Hall–Kier alpha value is -4.54. The summed E-state index contributed by atoms with van der Waals surface area (Å²) in [7, 11) is 0. The highest BCUT2D eigenvalue weighted by Crippen LogP contribution is 2.25. The predicted octanol–water partition coefficient (Wildman–Crippen LogP) is 9.16. The predicted molar refractivity (Wildman–Crippen MR) is 146 cm³/mol. The molecule has 0 heterocycles. The molecule has 0 fully saturated rings. The number of ether oxygens (including phenoxy) is 2. The third-order valence-electron chi connectivity index (χ3n) is 4.84. The molecule has 0 aromatic heterocycles. The lowest BCUT2D eigenvalue weighted by atomic mass is 10.0. The Balaban J connectivity index is 0.00000149. The van der Waals surface area contributed by atoms with Crippen LogP contribution in [0.5, 0.6) is 11.5 Å². The number of rotatable bonds is 6. The van der Waals surface area contributed by atoms with Crippen LogP contribution in [-0.4, -0.2) is 6.79 Å². The van der Waals surface area contributed by atoms with Gasteiger partial charge in [-0.25, -0.2) is 4.85 Å². The van der Waals surface area contributed by atoms with Gasteiger partial charge in [0.2, 0.25) is 6.79 Å². The molecular weight excluding hydrogens is 432 g/mol. The Morgan fingerprint density at radius 1 is 0.629 bits per heavy atom.